The van der Waals surface area contributed by atoms with Crippen LogP contribution in [0.1, 0.15) is 29.0 Å². The van der Waals surface area contributed by atoms with Crippen molar-refractivity contribution in [2.45, 2.75) is 25.8 Å². The molecule has 0 saturated carbocycles. The zero-order valence-corrected chi connectivity index (χ0v) is 14.5. The Kier molecular flexibility index (Phi) is 4.57. The molecule has 2 aromatic rings. The SMILES string of the molecule is COc1ccc(CC(=O)N2CCc3sccc3C2C)c(OC)c1. The van der Waals surface area contributed by atoms with Crippen molar-refractivity contribution >= 4 is 17.2 Å². The van der Waals surface area contributed by atoms with Crippen LogP contribution in [-0.2, 0) is 17.6 Å². The second kappa shape index (κ2) is 6.62. The molecule has 23 heavy (non-hydrogen) atoms. The molecule has 0 fully saturated rings. The molecule has 4 nitrogen and oxygen atoms in total. The van der Waals surface area contributed by atoms with Gasteiger partial charge in [-0.3, -0.25) is 4.79 Å². The second-order valence-electron chi connectivity index (χ2n) is 5.67. The highest BCUT2D eigenvalue weighted by Gasteiger charge is 2.28. The molecule has 1 aromatic carbocycles. The van der Waals surface area contributed by atoms with Gasteiger partial charge >= 0.3 is 0 Å². The fourth-order valence-electron chi connectivity index (χ4n) is 3.11. The van der Waals surface area contributed by atoms with Crippen LogP contribution in [0.4, 0.5) is 0 Å². The summed E-state index contributed by atoms with van der Waals surface area (Å²) in [6, 6.07) is 7.86. The van der Waals surface area contributed by atoms with E-state index in [1.807, 2.05) is 23.1 Å². The van der Waals surface area contributed by atoms with E-state index in [0.717, 1.165) is 24.3 Å². The Morgan fingerprint density at radius 1 is 1.30 bits per heavy atom. The van der Waals surface area contributed by atoms with Gasteiger partial charge in [0.25, 0.3) is 0 Å². The van der Waals surface area contributed by atoms with Crippen LogP contribution in [0.15, 0.2) is 29.6 Å². The number of nitrogens with zero attached hydrogens (tertiary/aromatic N) is 1. The Labute approximate surface area is 140 Å². The molecule has 1 aromatic heterocycles. The number of amides is 1. The lowest BCUT2D eigenvalue weighted by atomic mass is 10.00. The van der Waals surface area contributed by atoms with Crippen LogP contribution in [0.25, 0.3) is 0 Å². The van der Waals surface area contributed by atoms with E-state index in [1.54, 1.807) is 25.6 Å². The first-order valence-electron chi connectivity index (χ1n) is 7.70. The minimum Gasteiger partial charge on any atom is -0.497 e. The first kappa shape index (κ1) is 15.9. The number of carbonyl (C=O) groups excluding carboxylic acids is 1. The Morgan fingerprint density at radius 3 is 2.87 bits per heavy atom. The van der Waals surface area contributed by atoms with E-state index < -0.39 is 0 Å². The summed E-state index contributed by atoms with van der Waals surface area (Å²) in [6.07, 6.45) is 1.29. The first-order valence-corrected chi connectivity index (χ1v) is 8.58. The van der Waals surface area contributed by atoms with Gasteiger partial charge in [-0.05, 0) is 36.4 Å². The molecule has 1 unspecified atom stereocenters. The predicted octanol–water partition coefficient (Wildman–Crippen LogP) is 3.45. The van der Waals surface area contributed by atoms with Crippen LogP contribution in [0.3, 0.4) is 0 Å². The van der Waals surface area contributed by atoms with Crippen molar-refractivity contribution in [2.24, 2.45) is 0 Å². The van der Waals surface area contributed by atoms with Gasteiger partial charge in [0, 0.05) is 23.1 Å². The van der Waals surface area contributed by atoms with Crippen LogP contribution in [-0.4, -0.2) is 31.6 Å². The lowest BCUT2D eigenvalue weighted by Crippen LogP contribution is -2.39. The number of carbonyl (C=O) groups is 1. The molecule has 1 amide bonds. The van der Waals surface area contributed by atoms with Gasteiger partial charge in [0.15, 0.2) is 0 Å². The Morgan fingerprint density at radius 2 is 2.13 bits per heavy atom. The van der Waals surface area contributed by atoms with Gasteiger partial charge in [-0.15, -0.1) is 11.3 Å². The highest BCUT2D eigenvalue weighted by Crippen LogP contribution is 2.33. The molecule has 0 radical (unpaired) electrons. The number of ether oxygens (including phenoxy) is 2. The number of hydrogen-bond acceptors (Lipinski definition) is 4. The highest BCUT2D eigenvalue weighted by molar-refractivity contribution is 7.10. The monoisotopic (exact) mass is 331 g/mol. The maximum atomic E-state index is 12.8. The fraction of sp³-hybridized carbons (Fsp3) is 0.389. The van der Waals surface area contributed by atoms with E-state index in [-0.39, 0.29) is 11.9 Å². The summed E-state index contributed by atoms with van der Waals surface area (Å²) in [6.45, 7) is 2.89. The van der Waals surface area contributed by atoms with E-state index in [9.17, 15) is 4.79 Å². The van der Waals surface area contributed by atoms with Crippen molar-refractivity contribution < 1.29 is 14.3 Å². The van der Waals surface area contributed by atoms with E-state index in [0.29, 0.717) is 12.2 Å². The molecule has 1 aliphatic rings. The largest absolute Gasteiger partial charge is 0.497 e. The molecule has 0 aliphatic carbocycles. The maximum absolute atomic E-state index is 12.8. The van der Waals surface area contributed by atoms with Gasteiger partial charge in [-0.25, -0.2) is 0 Å². The first-order chi connectivity index (χ1) is 11.1. The fourth-order valence-corrected chi connectivity index (χ4v) is 4.08. The van der Waals surface area contributed by atoms with E-state index in [2.05, 4.69) is 18.4 Å². The molecular formula is C18H21NO3S. The molecule has 0 N–H and O–H groups in total. The van der Waals surface area contributed by atoms with Crippen LogP contribution in [0.2, 0.25) is 0 Å². The Hall–Kier alpha value is -2.01. The third-order valence-electron chi connectivity index (χ3n) is 4.43. The van der Waals surface area contributed by atoms with Gasteiger partial charge in [-0.1, -0.05) is 6.07 Å². The quantitative estimate of drug-likeness (QED) is 0.861. The minimum atomic E-state index is 0.137. The lowest BCUT2D eigenvalue weighted by molar-refractivity contribution is -0.133. The number of fused-ring (bicyclic) bond motifs is 1. The summed E-state index contributed by atoms with van der Waals surface area (Å²) < 4.78 is 10.6. The Balaban J connectivity index is 1.77. The summed E-state index contributed by atoms with van der Waals surface area (Å²) in [5.41, 5.74) is 2.18. The van der Waals surface area contributed by atoms with E-state index in [4.69, 9.17) is 9.47 Å². The number of thiophene rings is 1. The summed E-state index contributed by atoms with van der Waals surface area (Å²) >= 11 is 1.79. The van der Waals surface area contributed by atoms with Crippen LogP contribution < -0.4 is 9.47 Å². The molecule has 5 heteroatoms. The van der Waals surface area contributed by atoms with Crippen molar-refractivity contribution in [2.75, 3.05) is 20.8 Å². The lowest BCUT2D eigenvalue weighted by Gasteiger charge is -2.34. The predicted molar refractivity (Wildman–Crippen MR) is 91.4 cm³/mol. The molecule has 122 valence electrons. The molecule has 0 bridgehead atoms. The van der Waals surface area contributed by atoms with Crippen LogP contribution in [0, 0.1) is 0 Å². The van der Waals surface area contributed by atoms with Crippen LogP contribution in [0.5, 0.6) is 11.5 Å². The van der Waals surface area contributed by atoms with Gasteiger partial charge in [-0.2, -0.15) is 0 Å². The summed E-state index contributed by atoms with van der Waals surface area (Å²) in [7, 11) is 3.23. The number of hydrogen-bond donors (Lipinski definition) is 0. The molecule has 2 heterocycles. The molecule has 3 rings (SSSR count). The van der Waals surface area contributed by atoms with Crippen molar-refractivity contribution in [3.8, 4) is 11.5 Å². The van der Waals surface area contributed by atoms with Gasteiger partial charge in [0.05, 0.1) is 26.7 Å². The molecule has 0 saturated heterocycles. The van der Waals surface area contributed by atoms with Crippen LogP contribution >= 0.6 is 11.3 Å². The van der Waals surface area contributed by atoms with Crippen molar-refractivity contribution in [3.05, 3.63) is 45.6 Å². The van der Waals surface area contributed by atoms with Crippen molar-refractivity contribution in [1.82, 2.24) is 4.90 Å². The Bertz CT molecular complexity index is 710. The summed E-state index contributed by atoms with van der Waals surface area (Å²) in [5, 5.41) is 2.11. The van der Waals surface area contributed by atoms with Gasteiger partial charge in [0.2, 0.25) is 5.91 Å². The average Bonchev–Trinajstić information content (AvgIpc) is 3.05. The second-order valence-corrected chi connectivity index (χ2v) is 6.67. The maximum Gasteiger partial charge on any atom is 0.227 e. The van der Waals surface area contributed by atoms with Crippen molar-refractivity contribution in [3.63, 3.8) is 0 Å². The van der Waals surface area contributed by atoms with Crippen molar-refractivity contribution in [1.29, 1.82) is 0 Å². The topological polar surface area (TPSA) is 38.8 Å². The summed E-state index contributed by atoms with van der Waals surface area (Å²) in [4.78, 5) is 16.2. The number of benzene rings is 1. The zero-order chi connectivity index (χ0) is 16.4. The third-order valence-corrected chi connectivity index (χ3v) is 5.43. The van der Waals surface area contributed by atoms with Gasteiger partial charge < -0.3 is 14.4 Å². The average molecular weight is 331 g/mol. The summed E-state index contributed by atoms with van der Waals surface area (Å²) in [5.74, 6) is 1.56. The highest BCUT2D eigenvalue weighted by atomic mass is 32.1. The molecule has 1 aliphatic heterocycles. The number of methoxy groups -OCH3 is 2. The zero-order valence-electron chi connectivity index (χ0n) is 13.7. The molecule has 0 spiro atoms. The molecular weight excluding hydrogens is 310 g/mol. The van der Waals surface area contributed by atoms with E-state index in [1.165, 1.54) is 10.4 Å². The standard InChI is InChI=1S/C18H21NO3S/c1-12-15-7-9-23-17(15)6-8-19(12)18(20)10-13-4-5-14(21-2)11-16(13)22-3/h4-5,7,9,11-12H,6,8,10H2,1-3H3. The smallest absolute Gasteiger partial charge is 0.227 e. The van der Waals surface area contributed by atoms with Gasteiger partial charge in [0.1, 0.15) is 11.5 Å². The number of rotatable bonds is 4. The third kappa shape index (κ3) is 3.06. The molecule has 1 atom stereocenters. The minimum absolute atomic E-state index is 0.137. The normalized spacial score (nSPS) is 16.8. The van der Waals surface area contributed by atoms with E-state index >= 15 is 0 Å².